The summed E-state index contributed by atoms with van der Waals surface area (Å²) in [5, 5.41) is 2.66. The van der Waals surface area contributed by atoms with Crippen molar-refractivity contribution >= 4 is 24.3 Å². The van der Waals surface area contributed by atoms with Gasteiger partial charge < -0.3 is 15.8 Å². The predicted octanol–water partition coefficient (Wildman–Crippen LogP) is 0.213. The highest BCUT2D eigenvalue weighted by molar-refractivity contribution is 5.88. The molecule has 6 heteroatoms. The lowest BCUT2D eigenvalue weighted by Gasteiger charge is -2.34. The van der Waals surface area contributed by atoms with Gasteiger partial charge in [-0.2, -0.15) is 0 Å². The number of carbonyl (C=O) groups excluding carboxylic acids is 2. The van der Waals surface area contributed by atoms with Crippen molar-refractivity contribution in [1.82, 2.24) is 5.32 Å². The summed E-state index contributed by atoms with van der Waals surface area (Å²) in [6, 6.07) is 0.127. The molecule has 1 amide bonds. The average Bonchev–Trinajstić information content (AvgIpc) is 2.10. The number of halogens is 1. The maximum absolute atomic E-state index is 11.6. The number of amides is 1. The fraction of sp³-hybridized carbons (Fsp3) is 0.800. The van der Waals surface area contributed by atoms with E-state index in [1.807, 2.05) is 0 Å². The van der Waals surface area contributed by atoms with E-state index in [1.165, 1.54) is 7.11 Å². The molecule has 0 unspecified atom stereocenters. The van der Waals surface area contributed by atoms with Gasteiger partial charge in [0.25, 0.3) is 0 Å². The van der Waals surface area contributed by atoms with Crippen LogP contribution >= 0.6 is 12.4 Å². The third-order valence-corrected chi connectivity index (χ3v) is 2.68. The van der Waals surface area contributed by atoms with E-state index in [1.54, 1.807) is 13.8 Å². The van der Waals surface area contributed by atoms with E-state index in [-0.39, 0.29) is 30.3 Å². The highest BCUT2D eigenvalue weighted by Crippen LogP contribution is 2.26. The van der Waals surface area contributed by atoms with Gasteiger partial charge in [0.1, 0.15) is 5.54 Å². The number of ether oxygens (including phenoxy) is 1. The molecule has 0 radical (unpaired) electrons. The average molecular weight is 251 g/mol. The number of esters is 1. The minimum absolute atomic E-state index is 0. The lowest BCUT2D eigenvalue weighted by molar-refractivity contribution is -0.150. The van der Waals surface area contributed by atoms with E-state index in [9.17, 15) is 9.59 Å². The Morgan fingerprint density at radius 2 is 1.88 bits per heavy atom. The lowest BCUT2D eigenvalue weighted by atomic mass is 9.80. The standard InChI is InChI=1S/C10H18N2O3.ClH/c1-10(2,9(14)15-3)12-8(13)6-4-7(11)5-6;/h6-7H,4-5,11H2,1-3H3,(H,12,13);1H. The molecule has 1 aliphatic rings. The summed E-state index contributed by atoms with van der Waals surface area (Å²) >= 11 is 0. The smallest absolute Gasteiger partial charge is 0.330 e. The van der Waals surface area contributed by atoms with Gasteiger partial charge in [-0.3, -0.25) is 4.79 Å². The van der Waals surface area contributed by atoms with Crippen LogP contribution in [0.15, 0.2) is 0 Å². The van der Waals surface area contributed by atoms with Gasteiger partial charge in [0.15, 0.2) is 0 Å². The van der Waals surface area contributed by atoms with E-state index in [2.05, 4.69) is 10.1 Å². The molecule has 0 spiro atoms. The van der Waals surface area contributed by atoms with Crippen molar-refractivity contribution in [2.75, 3.05) is 7.11 Å². The van der Waals surface area contributed by atoms with Gasteiger partial charge in [-0.25, -0.2) is 4.79 Å². The molecule has 1 aliphatic carbocycles. The van der Waals surface area contributed by atoms with E-state index in [0.29, 0.717) is 12.8 Å². The zero-order valence-electron chi connectivity index (χ0n) is 9.78. The molecule has 16 heavy (non-hydrogen) atoms. The first-order valence-corrected chi connectivity index (χ1v) is 5.03. The molecular formula is C10H19ClN2O3. The van der Waals surface area contributed by atoms with E-state index < -0.39 is 11.5 Å². The van der Waals surface area contributed by atoms with Crippen molar-refractivity contribution in [3.8, 4) is 0 Å². The van der Waals surface area contributed by atoms with Crippen molar-refractivity contribution in [3.63, 3.8) is 0 Å². The monoisotopic (exact) mass is 250 g/mol. The number of nitrogens with two attached hydrogens (primary N) is 1. The van der Waals surface area contributed by atoms with Crippen LogP contribution in [0.2, 0.25) is 0 Å². The quantitative estimate of drug-likeness (QED) is 0.702. The zero-order valence-corrected chi connectivity index (χ0v) is 10.6. The molecule has 0 atom stereocenters. The molecule has 0 saturated heterocycles. The summed E-state index contributed by atoms with van der Waals surface area (Å²) in [5.41, 5.74) is 4.62. The Balaban J connectivity index is 0.00000225. The number of hydrogen-bond donors (Lipinski definition) is 2. The van der Waals surface area contributed by atoms with E-state index in [4.69, 9.17) is 5.73 Å². The first kappa shape index (κ1) is 15.2. The van der Waals surface area contributed by atoms with Crippen molar-refractivity contribution in [1.29, 1.82) is 0 Å². The van der Waals surface area contributed by atoms with Gasteiger partial charge in [-0.05, 0) is 26.7 Å². The van der Waals surface area contributed by atoms with Crippen LogP contribution in [-0.2, 0) is 14.3 Å². The first-order chi connectivity index (χ1) is 6.86. The first-order valence-electron chi connectivity index (χ1n) is 5.03. The van der Waals surface area contributed by atoms with Gasteiger partial charge >= 0.3 is 5.97 Å². The van der Waals surface area contributed by atoms with Crippen LogP contribution in [0.25, 0.3) is 0 Å². The molecule has 3 N–H and O–H groups in total. The summed E-state index contributed by atoms with van der Waals surface area (Å²) in [6.07, 6.45) is 1.40. The van der Waals surface area contributed by atoms with Crippen molar-refractivity contribution in [2.45, 2.75) is 38.3 Å². The fourth-order valence-corrected chi connectivity index (χ4v) is 1.59. The van der Waals surface area contributed by atoms with Gasteiger partial charge in [-0.1, -0.05) is 0 Å². The molecule has 1 rings (SSSR count). The molecular weight excluding hydrogens is 232 g/mol. The van der Waals surface area contributed by atoms with Crippen LogP contribution in [0.1, 0.15) is 26.7 Å². The zero-order chi connectivity index (χ0) is 11.6. The van der Waals surface area contributed by atoms with Crippen molar-refractivity contribution < 1.29 is 14.3 Å². The minimum Gasteiger partial charge on any atom is -0.467 e. The number of nitrogens with one attached hydrogen (secondary N) is 1. The summed E-state index contributed by atoms with van der Waals surface area (Å²) in [4.78, 5) is 22.9. The van der Waals surface area contributed by atoms with E-state index >= 15 is 0 Å². The Bertz CT molecular complexity index is 275. The summed E-state index contributed by atoms with van der Waals surface area (Å²) in [5.74, 6) is -0.615. The maximum Gasteiger partial charge on any atom is 0.330 e. The fourth-order valence-electron chi connectivity index (χ4n) is 1.59. The van der Waals surface area contributed by atoms with Crippen LogP contribution < -0.4 is 11.1 Å². The second kappa shape index (κ2) is 5.50. The molecule has 5 nitrogen and oxygen atoms in total. The van der Waals surface area contributed by atoms with Gasteiger partial charge in [-0.15, -0.1) is 12.4 Å². The lowest BCUT2D eigenvalue weighted by Crippen LogP contribution is -2.55. The summed E-state index contributed by atoms with van der Waals surface area (Å²) in [6.45, 7) is 3.24. The largest absolute Gasteiger partial charge is 0.467 e. The highest BCUT2D eigenvalue weighted by atomic mass is 35.5. The maximum atomic E-state index is 11.6. The Morgan fingerprint density at radius 1 is 1.38 bits per heavy atom. The van der Waals surface area contributed by atoms with Crippen molar-refractivity contribution in [2.24, 2.45) is 11.7 Å². The molecule has 1 fully saturated rings. The second-order valence-electron chi connectivity index (χ2n) is 4.53. The number of hydrogen-bond acceptors (Lipinski definition) is 4. The molecule has 94 valence electrons. The SMILES string of the molecule is COC(=O)C(C)(C)NC(=O)C1CC(N)C1.Cl. The number of methoxy groups -OCH3 is 1. The normalized spacial score (nSPS) is 23.8. The van der Waals surface area contributed by atoms with Crippen LogP contribution in [0, 0.1) is 5.92 Å². The minimum atomic E-state index is -0.967. The molecule has 0 aromatic carbocycles. The van der Waals surface area contributed by atoms with Crippen LogP contribution in [0.4, 0.5) is 0 Å². The highest BCUT2D eigenvalue weighted by Gasteiger charge is 2.37. The van der Waals surface area contributed by atoms with Crippen LogP contribution in [0.5, 0.6) is 0 Å². The molecule has 0 aromatic rings. The van der Waals surface area contributed by atoms with Crippen molar-refractivity contribution in [3.05, 3.63) is 0 Å². The predicted molar refractivity (Wildman–Crippen MR) is 62.2 cm³/mol. The topological polar surface area (TPSA) is 81.4 Å². The Labute approximate surface area is 101 Å². The van der Waals surface area contributed by atoms with E-state index in [0.717, 1.165) is 0 Å². The van der Waals surface area contributed by atoms with Crippen LogP contribution in [0.3, 0.4) is 0 Å². The van der Waals surface area contributed by atoms with Gasteiger partial charge in [0, 0.05) is 12.0 Å². The Hall–Kier alpha value is -0.810. The number of carbonyl (C=O) groups is 2. The Morgan fingerprint density at radius 3 is 2.25 bits per heavy atom. The van der Waals surface area contributed by atoms with Gasteiger partial charge in [0.05, 0.1) is 7.11 Å². The second-order valence-corrected chi connectivity index (χ2v) is 4.53. The Kier molecular flexibility index (Phi) is 5.22. The third kappa shape index (κ3) is 3.35. The molecule has 0 aliphatic heterocycles. The third-order valence-electron chi connectivity index (χ3n) is 2.68. The molecule has 0 aromatic heterocycles. The summed E-state index contributed by atoms with van der Waals surface area (Å²) < 4.78 is 4.59. The van der Waals surface area contributed by atoms with Crippen LogP contribution in [-0.4, -0.2) is 30.6 Å². The molecule has 1 saturated carbocycles. The van der Waals surface area contributed by atoms with Gasteiger partial charge in [0.2, 0.25) is 5.91 Å². The number of rotatable bonds is 3. The summed E-state index contributed by atoms with van der Waals surface area (Å²) in [7, 11) is 1.30. The molecule has 0 bridgehead atoms. The molecule has 0 heterocycles.